The number of para-hydroxylation sites is 2. The maximum atomic E-state index is 12.2. The quantitative estimate of drug-likeness (QED) is 0.677. The molecule has 3 aromatic rings. The number of hydrogen-bond donors (Lipinski definition) is 2. The number of nitrogens with zero attached hydrogens (tertiary/aromatic N) is 1. The summed E-state index contributed by atoms with van der Waals surface area (Å²) < 4.78 is 1.73. The van der Waals surface area contributed by atoms with Gasteiger partial charge in [-0.2, -0.15) is 4.57 Å². The number of aromatic nitrogens is 2. The summed E-state index contributed by atoms with van der Waals surface area (Å²) >= 11 is 1.41. The molecule has 5 heteroatoms. The standard InChI is InChI=1S/C16H12N2O2S/c19-14-16-18(12-9-5-4-8-11(12)17-14)15(20)13(21-16)10-6-2-1-3-7-10/h1-9,13,15,20H/p+1/t13-,15-/m0/s1. The van der Waals surface area contributed by atoms with Crippen molar-refractivity contribution in [3.63, 3.8) is 0 Å². The van der Waals surface area contributed by atoms with Crippen molar-refractivity contribution in [2.24, 2.45) is 0 Å². The number of aliphatic hydroxyl groups is 1. The maximum Gasteiger partial charge on any atom is 0.328 e. The zero-order chi connectivity index (χ0) is 14.4. The molecule has 2 heterocycles. The predicted octanol–water partition coefficient (Wildman–Crippen LogP) is 2.15. The summed E-state index contributed by atoms with van der Waals surface area (Å²) in [6.45, 7) is 0. The lowest BCUT2D eigenvalue weighted by atomic mass is 10.1. The van der Waals surface area contributed by atoms with E-state index in [4.69, 9.17) is 0 Å². The summed E-state index contributed by atoms with van der Waals surface area (Å²) in [7, 11) is 0. The van der Waals surface area contributed by atoms with Crippen LogP contribution in [0.5, 0.6) is 0 Å². The Kier molecular flexibility index (Phi) is 2.83. The lowest BCUT2D eigenvalue weighted by Crippen LogP contribution is -2.43. The van der Waals surface area contributed by atoms with Crippen molar-refractivity contribution in [2.45, 2.75) is 16.5 Å². The number of aromatic amines is 1. The van der Waals surface area contributed by atoms with Gasteiger partial charge in [0.1, 0.15) is 10.8 Å². The minimum atomic E-state index is -0.750. The van der Waals surface area contributed by atoms with Gasteiger partial charge in [-0.15, -0.1) is 0 Å². The van der Waals surface area contributed by atoms with Crippen LogP contribution in [0.2, 0.25) is 0 Å². The highest BCUT2D eigenvalue weighted by atomic mass is 32.2. The van der Waals surface area contributed by atoms with Gasteiger partial charge in [0.15, 0.2) is 0 Å². The highest BCUT2D eigenvalue weighted by molar-refractivity contribution is 7.99. The van der Waals surface area contributed by atoms with Gasteiger partial charge in [-0.1, -0.05) is 42.5 Å². The predicted molar refractivity (Wildman–Crippen MR) is 81.1 cm³/mol. The van der Waals surface area contributed by atoms with Crippen LogP contribution >= 0.6 is 11.8 Å². The molecule has 1 aliphatic rings. The minimum Gasteiger partial charge on any atom is -0.336 e. The van der Waals surface area contributed by atoms with E-state index in [0.29, 0.717) is 5.03 Å². The summed E-state index contributed by atoms with van der Waals surface area (Å²) in [6.07, 6.45) is -0.750. The Morgan fingerprint density at radius 3 is 2.57 bits per heavy atom. The Hall–Kier alpha value is -2.11. The first-order chi connectivity index (χ1) is 10.3. The molecule has 0 fully saturated rings. The first-order valence-electron chi connectivity index (χ1n) is 6.72. The van der Waals surface area contributed by atoms with Crippen LogP contribution in [-0.2, 0) is 0 Å². The van der Waals surface area contributed by atoms with Gasteiger partial charge >= 0.3 is 10.6 Å². The van der Waals surface area contributed by atoms with E-state index in [2.05, 4.69) is 4.98 Å². The van der Waals surface area contributed by atoms with Crippen molar-refractivity contribution in [3.8, 4) is 0 Å². The number of hydrogen-bond acceptors (Lipinski definition) is 3. The lowest BCUT2D eigenvalue weighted by molar-refractivity contribution is -0.764. The molecule has 4 rings (SSSR count). The van der Waals surface area contributed by atoms with Gasteiger partial charge in [0.25, 0.3) is 6.23 Å². The van der Waals surface area contributed by atoms with E-state index in [1.165, 1.54) is 11.8 Å². The molecule has 0 unspecified atom stereocenters. The molecule has 2 atom stereocenters. The summed E-state index contributed by atoms with van der Waals surface area (Å²) in [5.41, 5.74) is 2.43. The van der Waals surface area contributed by atoms with Gasteiger partial charge in [-0.3, -0.25) is 4.79 Å². The number of aliphatic hydroxyl groups excluding tert-OH is 1. The fraction of sp³-hybridized carbons (Fsp3) is 0.125. The number of thioether (sulfide) groups is 1. The van der Waals surface area contributed by atoms with Crippen molar-refractivity contribution in [2.75, 3.05) is 0 Å². The molecule has 0 saturated carbocycles. The summed E-state index contributed by atoms with van der Waals surface area (Å²) in [6, 6.07) is 17.3. The highest BCUT2D eigenvalue weighted by Gasteiger charge is 2.44. The summed E-state index contributed by atoms with van der Waals surface area (Å²) in [5, 5.41) is 11.1. The van der Waals surface area contributed by atoms with Crippen LogP contribution in [-0.4, -0.2) is 10.1 Å². The van der Waals surface area contributed by atoms with Crippen molar-refractivity contribution in [1.29, 1.82) is 0 Å². The molecule has 21 heavy (non-hydrogen) atoms. The minimum absolute atomic E-state index is 0.156. The molecule has 0 saturated heterocycles. The van der Waals surface area contributed by atoms with E-state index in [9.17, 15) is 9.90 Å². The van der Waals surface area contributed by atoms with E-state index in [0.717, 1.165) is 16.6 Å². The molecule has 2 N–H and O–H groups in total. The average molecular weight is 297 g/mol. The van der Waals surface area contributed by atoms with Crippen molar-refractivity contribution in [1.82, 2.24) is 4.98 Å². The molecule has 0 aliphatic carbocycles. The van der Waals surface area contributed by atoms with Crippen molar-refractivity contribution in [3.05, 3.63) is 70.5 Å². The molecule has 1 aliphatic heterocycles. The smallest absolute Gasteiger partial charge is 0.328 e. The third-order valence-electron chi connectivity index (χ3n) is 3.73. The number of nitrogens with one attached hydrogen (secondary N) is 1. The maximum absolute atomic E-state index is 12.2. The van der Waals surface area contributed by atoms with E-state index < -0.39 is 6.23 Å². The largest absolute Gasteiger partial charge is 0.336 e. The van der Waals surface area contributed by atoms with Crippen LogP contribution in [0.25, 0.3) is 11.0 Å². The van der Waals surface area contributed by atoms with Crippen molar-refractivity contribution >= 4 is 22.8 Å². The Labute approximate surface area is 125 Å². The number of fused-ring (bicyclic) bond motifs is 3. The molecule has 0 amide bonds. The Bertz CT molecular complexity index is 876. The normalized spacial score (nSPS) is 20.6. The van der Waals surface area contributed by atoms with Crippen LogP contribution < -0.4 is 10.1 Å². The zero-order valence-electron chi connectivity index (χ0n) is 11.1. The molecule has 2 aromatic carbocycles. The Morgan fingerprint density at radius 1 is 1.05 bits per heavy atom. The van der Waals surface area contributed by atoms with E-state index in [-0.39, 0.29) is 10.8 Å². The van der Waals surface area contributed by atoms with Crippen LogP contribution in [0.15, 0.2) is 64.4 Å². The van der Waals surface area contributed by atoms with Crippen LogP contribution in [0.3, 0.4) is 0 Å². The highest BCUT2D eigenvalue weighted by Crippen LogP contribution is 2.43. The SMILES string of the molecule is O=c1[nH]c2ccccc2[n+]2c1S[C@@H](c1ccccc1)[C@@H]2O. The van der Waals surface area contributed by atoms with Gasteiger partial charge in [0, 0.05) is 6.07 Å². The molecule has 4 nitrogen and oxygen atoms in total. The number of H-pyrrole nitrogens is 1. The molecular weight excluding hydrogens is 284 g/mol. The van der Waals surface area contributed by atoms with Gasteiger partial charge in [0.2, 0.25) is 5.52 Å². The van der Waals surface area contributed by atoms with Crippen molar-refractivity contribution < 1.29 is 9.67 Å². The second-order valence-corrected chi connectivity index (χ2v) is 6.14. The Morgan fingerprint density at radius 2 is 1.76 bits per heavy atom. The first-order valence-corrected chi connectivity index (χ1v) is 7.60. The van der Waals surface area contributed by atoms with Gasteiger partial charge < -0.3 is 10.1 Å². The third-order valence-corrected chi connectivity index (χ3v) is 5.10. The second kappa shape index (κ2) is 4.72. The topological polar surface area (TPSA) is 57.0 Å². The van der Waals surface area contributed by atoms with Gasteiger partial charge in [-0.25, -0.2) is 0 Å². The van der Waals surface area contributed by atoms with Gasteiger partial charge in [-0.05, 0) is 23.4 Å². The summed E-state index contributed by atoms with van der Waals surface area (Å²) in [5.74, 6) is 0. The number of rotatable bonds is 1. The zero-order valence-corrected chi connectivity index (χ0v) is 11.9. The fourth-order valence-corrected chi connectivity index (χ4v) is 4.01. The van der Waals surface area contributed by atoms with Crippen LogP contribution in [0.4, 0.5) is 0 Å². The molecule has 1 aromatic heterocycles. The number of benzene rings is 2. The second-order valence-electron chi connectivity index (χ2n) is 5.01. The van der Waals surface area contributed by atoms with E-state index >= 15 is 0 Å². The molecule has 0 spiro atoms. The molecule has 0 radical (unpaired) electrons. The lowest BCUT2D eigenvalue weighted by Gasteiger charge is -2.09. The molecular formula is C16H13N2O2S+. The monoisotopic (exact) mass is 297 g/mol. The van der Waals surface area contributed by atoms with Gasteiger partial charge in [0.05, 0.1) is 0 Å². The van der Waals surface area contributed by atoms with Crippen LogP contribution in [0.1, 0.15) is 17.0 Å². The fourth-order valence-electron chi connectivity index (χ4n) is 2.76. The first kappa shape index (κ1) is 12.6. The third kappa shape index (κ3) is 1.89. The van der Waals surface area contributed by atoms with E-state index in [1.807, 2.05) is 54.6 Å². The molecule has 0 bridgehead atoms. The van der Waals surface area contributed by atoms with Crippen LogP contribution in [0, 0.1) is 0 Å². The summed E-state index contributed by atoms with van der Waals surface area (Å²) in [4.78, 5) is 15.1. The van der Waals surface area contributed by atoms with E-state index in [1.54, 1.807) is 4.57 Å². The Balaban J connectivity index is 1.93. The average Bonchev–Trinajstić information content (AvgIpc) is 2.87. The molecule has 104 valence electrons.